The monoisotopic (exact) mass is 277 g/mol. The Labute approximate surface area is 115 Å². The average molecular weight is 277 g/mol. The molecule has 2 heterocycles. The van der Waals surface area contributed by atoms with Crippen molar-refractivity contribution in [1.82, 2.24) is 19.6 Å². The SMILES string of the molecule is Cn1cc(CCC(=O)Nc2ccn(CC(=O)O)n2)cn1. The number of hydrogen-bond donors (Lipinski definition) is 2. The molecule has 0 unspecified atom stereocenters. The average Bonchev–Trinajstić information content (AvgIpc) is 2.95. The molecule has 0 saturated heterocycles. The van der Waals surface area contributed by atoms with Crippen LogP contribution in [0.25, 0.3) is 0 Å². The summed E-state index contributed by atoms with van der Waals surface area (Å²) in [5, 5.41) is 19.2. The zero-order valence-corrected chi connectivity index (χ0v) is 11.0. The van der Waals surface area contributed by atoms with E-state index in [2.05, 4.69) is 15.5 Å². The van der Waals surface area contributed by atoms with Gasteiger partial charge in [0.2, 0.25) is 5.91 Å². The number of carbonyl (C=O) groups is 2. The van der Waals surface area contributed by atoms with E-state index in [0.29, 0.717) is 18.7 Å². The quantitative estimate of drug-likeness (QED) is 0.789. The van der Waals surface area contributed by atoms with Crippen LogP contribution in [0.3, 0.4) is 0 Å². The van der Waals surface area contributed by atoms with Gasteiger partial charge in [0.15, 0.2) is 5.82 Å². The van der Waals surface area contributed by atoms with Crippen LogP contribution in [0.1, 0.15) is 12.0 Å². The van der Waals surface area contributed by atoms with Gasteiger partial charge in [0.1, 0.15) is 6.54 Å². The smallest absolute Gasteiger partial charge is 0.325 e. The molecule has 20 heavy (non-hydrogen) atoms. The summed E-state index contributed by atoms with van der Waals surface area (Å²) in [6, 6.07) is 1.56. The highest BCUT2D eigenvalue weighted by Crippen LogP contribution is 2.05. The number of carbonyl (C=O) groups excluding carboxylic acids is 1. The lowest BCUT2D eigenvalue weighted by atomic mass is 10.2. The Morgan fingerprint density at radius 2 is 2.25 bits per heavy atom. The number of carboxylic acid groups (broad SMARTS) is 1. The molecule has 0 saturated carbocycles. The normalized spacial score (nSPS) is 10.4. The largest absolute Gasteiger partial charge is 0.480 e. The molecule has 0 aliphatic carbocycles. The van der Waals surface area contributed by atoms with E-state index >= 15 is 0 Å². The molecule has 106 valence electrons. The molecule has 0 spiro atoms. The Morgan fingerprint density at radius 1 is 1.45 bits per heavy atom. The summed E-state index contributed by atoms with van der Waals surface area (Å²) in [6.07, 6.45) is 5.99. The molecule has 2 N–H and O–H groups in total. The fraction of sp³-hybridized carbons (Fsp3) is 0.333. The first kappa shape index (κ1) is 13.8. The number of aromatic nitrogens is 4. The van der Waals surface area contributed by atoms with Crippen LogP contribution in [-0.2, 0) is 29.6 Å². The van der Waals surface area contributed by atoms with Crippen molar-refractivity contribution in [2.75, 3.05) is 5.32 Å². The molecule has 0 bridgehead atoms. The molecule has 8 heteroatoms. The number of rotatable bonds is 6. The first-order valence-electron chi connectivity index (χ1n) is 6.05. The number of aliphatic carboxylic acids is 1. The van der Waals surface area contributed by atoms with Gasteiger partial charge in [0, 0.05) is 31.9 Å². The third-order valence-corrected chi connectivity index (χ3v) is 2.60. The lowest BCUT2D eigenvalue weighted by molar-refractivity contribution is -0.137. The maximum Gasteiger partial charge on any atom is 0.325 e. The molecule has 2 aromatic heterocycles. The predicted octanol–water partition coefficient (Wildman–Crippen LogP) is 0.272. The molecule has 0 aromatic carbocycles. The van der Waals surface area contributed by atoms with Crippen LogP contribution in [0.5, 0.6) is 0 Å². The Morgan fingerprint density at radius 3 is 2.90 bits per heavy atom. The Bertz CT molecular complexity index is 616. The van der Waals surface area contributed by atoms with Gasteiger partial charge < -0.3 is 10.4 Å². The number of nitrogens with zero attached hydrogens (tertiary/aromatic N) is 4. The van der Waals surface area contributed by atoms with Crippen LogP contribution in [0.4, 0.5) is 5.82 Å². The fourth-order valence-corrected chi connectivity index (χ4v) is 1.72. The molecular formula is C12H15N5O3. The summed E-state index contributed by atoms with van der Waals surface area (Å²) in [4.78, 5) is 22.2. The van der Waals surface area contributed by atoms with Gasteiger partial charge in [0.05, 0.1) is 6.20 Å². The molecule has 2 aromatic rings. The maximum absolute atomic E-state index is 11.7. The van der Waals surface area contributed by atoms with Crippen molar-refractivity contribution in [3.05, 3.63) is 30.2 Å². The zero-order chi connectivity index (χ0) is 14.5. The van der Waals surface area contributed by atoms with Crippen LogP contribution in [0.15, 0.2) is 24.7 Å². The summed E-state index contributed by atoms with van der Waals surface area (Å²) in [5.74, 6) is -0.806. The minimum atomic E-state index is -0.984. The third kappa shape index (κ3) is 3.94. The van der Waals surface area contributed by atoms with Gasteiger partial charge in [-0.25, -0.2) is 0 Å². The third-order valence-electron chi connectivity index (χ3n) is 2.60. The Balaban J connectivity index is 1.82. The van der Waals surface area contributed by atoms with Gasteiger partial charge in [0.25, 0.3) is 0 Å². The Kier molecular flexibility index (Phi) is 4.14. The van der Waals surface area contributed by atoms with Gasteiger partial charge in [-0.15, -0.1) is 0 Å². The summed E-state index contributed by atoms with van der Waals surface area (Å²) in [5.41, 5.74) is 0.985. The highest BCUT2D eigenvalue weighted by molar-refractivity contribution is 5.89. The fourth-order valence-electron chi connectivity index (χ4n) is 1.72. The molecule has 8 nitrogen and oxygen atoms in total. The van der Waals surface area contributed by atoms with Crippen molar-refractivity contribution in [1.29, 1.82) is 0 Å². The number of amides is 1. The van der Waals surface area contributed by atoms with Gasteiger partial charge in [-0.05, 0) is 12.0 Å². The van der Waals surface area contributed by atoms with Crippen molar-refractivity contribution in [2.45, 2.75) is 19.4 Å². The van der Waals surface area contributed by atoms with Crippen LogP contribution in [0, 0.1) is 0 Å². The summed E-state index contributed by atoms with van der Waals surface area (Å²) >= 11 is 0. The van der Waals surface area contributed by atoms with Crippen LogP contribution >= 0.6 is 0 Å². The van der Waals surface area contributed by atoms with E-state index in [0.717, 1.165) is 5.56 Å². The van der Waals surface area contributed by atoms with E-state index in [1.807, 2.05) is 13.2 Å². The molecule has 0 aliphatic rings. The van der Waals surface area contributed by atoms with Gasteiger partial charge in [-0.1, -0.05) is 0 Å². The second-order valence-electron chi connectivity index (χ2n) is 4.36. The predicted molar refractivity (Wildman–Crippen MR) is 70.0 cm³/mol. The number of aryl methyl sites for hydroxylation is 2. The minimum absolute atomic E-state index is 0.172. The number of anilines is 1. The second kappa shape index (κ2) is 6.00. The van der Waals surface area contributed by atoms with Crippen molar-refractivity contribution in [3.63, 3.8) is 0 Å². The Hall–Kier alpha value is -2.64. The number of hydrogen-bond acceptors (Lipinski definition) is 4. The summed E-state index contributed by atoms with van der Waals surface area (Å²) in [6.45, 7) is -0.231. The standard InChI is InChI=1S/C12H15N5O3/c1-16-7-9(6-13-16)2-3-11(18)14-10-4-5-17(15-10)8-12(19)20/h4-7H,2-3,8H2,1H3,(H,19,20)(H,14,15,18). The topological polar surface area (TPSA) is 102 Å². The first-order valence-corrected chi connectivity index (χ1v) is 6.05. The van der Waals surface area contributed by atoms with Gasteiger partial charge in [-0.2, -0.15) is 10.2 Å². The number of nitrogens with one attached hydrogen (secondary N) is 1. The summed E-state index contributed by atoms with van der Waals surface area (Å²) < 4.78 is 2.93. The van der Waals surface area contributed by atoms with E-state index in [4.69, 9.17) is 5.11 Å². The van der Waals surface area contributed by atoms with Gasteiger partial charge >= 0.3 is 5.97 Å². The molecular weight excluding hydrogens is 262 g/mol. The maximum atomic E-state index is 11.7. The molecule has 2 rings (SSSR count). The zero-order valence-electron chi connectivity index (χ0n) is 11.0. The van der Waals surface area contributed by atoms with Gasteiger partial charge in [-0.3, -0.25) is 19.0 Å². The van der Waals surface area contributed by atoms with E-state index in [1.165, 1.54) is 10.9 Å². The summed E-state index contributed by atoms with van der Waals surface area (Å²) in [7, 11) is 1.82. The lowest BCUT2D eigenvalue weighted by Crippen LogP contribution is -2.14. The van der Waals surface area contributed by atoms with Crippen molar-refractivity contribution < 1.29 is 14.7 Å². The molecule has 1 amide bonds. The highest BCUT2D eigenvalue weighted by Gasteiger charge is 2.07. The van der Waals surface area contributed by atoms with E-state index in [-0.39, 0.29) is 12.5 Å². The molecule has 0 aliphatic heterocycles. The van der Waals surface area contributed by atoms with Crippen LogP contribution in [0.2, 0.25) is 0 Å². The van der Waals surface area contributed by atoms with E-state index in [9.17, 15) is 9.59 Å². The van der Waals surface area contributed by atoms with Crippen molar-refractivity contribution >= 4 is 17.7 Å². The second-order valence-corrected chi connectivity index (χ2v) is 4.36. The van der Waals surface area contributed by atoms with Crippen molar-refractivity contribution in [2.24, 2.45) is 7.05 Å². The molecule has 0 fully saturated rings. The van der Waals surface area contributed by atoms with Crippen LogP contribution in [-0.4, -0.2) is 36.5 Å². The lowest BCUT2D eigenvalue weighted by Gasteiger charge is -2.01. The van der Waals surface area contributed by atoms with E-state index in [1.54, 1.807) is 16.9 Å². The minimum Gasteiger partial charge on any atom is -0.480 e. The molecule has 0 atom stereocenters. The molecule has 0 radical (unpaired) electrons. The number of carboxylic acids is 1. The highest BCUT2D eigenvalue weighted by atomic mass is 16.4. The van der Waals surface area contributed by atoms with E-state index < -0.39 is 5.97 Å². The first-order chi connectivity index (χ1) is 9.52. The van der Waals surface area contributed by atoms with Crippen molar-refractivity contribution in [3.8, 4) is 0 Å². The van der Waals surface area contributed by atoms with Crippen LogP contribution < -0.4 is 5.32 Å².